The van der Waals surface area contributed by atoms with Crippen LogP contribution in [0.3, 0.4) is 0 Å². The smallest absolute Gasteiger partial charge is 0.387 e. The maximum Gasteiger partial charge on any atom is 0.387 e. The number of carbonyl (C=O) groups is 1. The Morgan fingerprint density at radius 3 is 2.65 bits per heavy atom. The highest BCUT2D eigenvalue weighted by atomic mass is 19.3. The summed E-state index contributed by atoms with van der Waals surface area (Å²) in [4.78, 5) is 10.3. The second kappa shape index (κ2) is 5.38. The minimum atomic E-state index is -3.14. The first-order valence-electron chi connectivity index (χ1n) is 4.56. The molecule has 0 spiro atoms. The predicted octanol–water partition coefficient (Wildman–Crippen LogP) is 2.83. The van der Waals surface area contributed by atoms with E-state index in [0.29, 0.717) is 11.1 Å². The van der Waals surface area contributed by atoms with Gasteiger partial charge in [0.15, 0.2) is 11.6 Å². The van der Waals surface area contributed by atoms with Crippen molar-refractivity contribution in [2.45, 2.75) is 13.5 Å². The maximum absolute atomic E-state index is 13.2. The van der Waals surface area contributed by atoms with E-state index in [-0.39, 0.29) is 0 Å². The zero-order valence-corrected chi connectivity index (χ0v) is 8.78. The fourth-order valence-corrected chi connectivity index (χ4v) is 1.20. The minimum Gasteiger partial charge on any atom is -0.478 e. The SMILES string of the molecule is Cc1cc(F)c(OC(F)F)cc1/C=C/C(=O)O. The number of halogens is 3. The van der Waals surface area contributed by atoms with Gasteiger partial charge in [-0.15, -0.1) is 0 Å². The third-order valence-corrected chi connectivity index (χ3v) is 1.94. The highest BCUT2D eigenvalue weighted by Crippen LogP contribution is 2.24. The largest absolute Gasteiger partial charge is 0.478 e. The second-order valence-corrected chi connectivity index (χ2v) is 3.19. The van der Waals surface area contributed by atoms with Crippen molar-refractivity contribution in [3.63, 3.8) is 0 Å². The lowest BCUT2D eigenvalue weighted by Crippen LogP contribution is -2.04. The van der Waals surface area contributed by atoms with Crippen LogP contribution in [-0.4, -0.2) is 17.7 Å². The summed E-state index contributed by atoms with van der Waals surface area (Å²) in [5, 5.41) is 8.42. The highest BCUT2D eigenvalue weighted by molar-refractivity contribution is 5.85. The van der Waals surface area contributed by atoms with Gasteiger partial charge in [-0.1, -0.05) is 0 Å². The Bertz CT molecular complexity index is 456. The first-order chi connectivity index (χ1) is 7.90. The van der Waals surface area contributed by atoms with Gasteiger partial charge < -0.3 is 9.84 Å². The molecule has 17 heavy (non-hydrogen) atoms. The van der Waals surface area contributed by atoms with E-state index in [0.717, 1.165) is 18.2 Å². The average Bonchev–Trinajstić information content (AvgIpc) is 2.19. The normalized spacial score (nSPS) is 11.1. The van der Waals surface area contributed by atoms with Gasteiger partial charge in [0.25, 0.3) is 0 Å². The number of ether oxygens (including phenoxy) is 1. The number of hydrogen-bond acceptors (Lipinski definition) is 2. The number of alkyl halides is 2. The van der Waals surface area contributed by atoms with Gasteiger partial charge in [-0.05, 0) is 36.3 Å². The lowest BCUT2D eigenvalue weighted by Gasteiger charge is -2.08. The molecule has 1 aromatic rings. The molecule has 0 radical (unpaired) electrons. The van der Waals surface area contributed by atoms with E-state index in [1.54, 1.807) is 0 Å². The van der Waals surface area contributed by atoms with Crippen LogP contribution in [0.2, 0.25) is 0 Å². The molecule has 1 rings (SSSR count). The van der Waals surface area contributed by atoms with E-state index in [2.05, 4.69) is 4.74 Å². The van der Waals surface area contributed by atoms with Crippen LogP contribution in [0.1, 0.15) is 11.1 Å². The van der Waals surface area contributed by atoms with Gasteiger partial charge in [0.2, 0.25) is 0 Å². The quantitative estimate of drug-likeness (QED) is 0.831. The lowest BCUT2D eigenvalue weighted by atomic mass is 10.1. The maximum atomic E-state index is 13.2. The number of aliphatic carboxylic acids is 1. The first kappa shape index (κ1) is 13.1. The van der Waals surface area contributed by atoms with E-state index in [9.17, 15) is 18.0 Å². The van der Waals surface area contributed by atoms with E-state index in [4.69, 9.17) is 5.11 Å². The summed E-state index contributed by atoms with van der Waals surface area (Å²) in [6.45, 7) is -1.61. The van der Waals surface area contributed by atoms with Crippen LogP contribution < -0.4 is 4.74 Å². The van der Waals surface area contributed by atoms with Crippen molar-refractivity contribution in [3.05, 3.63) is 35.2 Å². The van der Waals surface area contributed by atoms with Crippen molar-refractivity contribution in [2.75, 3.05) is 0 Å². The Labute approximate surface area is 95.1 Å². The Hall–Kier alpha value is -1.98. The summed E-state index contributed by atoms with van der Waals surface area (Å²) in [5.41, 5.74) is 0.714. The van der Waals surface area contributed by atoms with Crippen molar-refractivity contribution in [1.29, 1.82) is 0 Å². The summed E-state index contributed by atoms with van der Waals surface area (Å²) in [7, 11) is 0. The van der Waals surface area contributed by atoms with Crippen LogP contribution in [-0.2, 0) is 4.79 Å². The molecular formula is C11H9F3O3. The Balaban J connectivity index is 3.09. The minimum absolute atomic E-state index is 0.296. The molecule has 0 fully saturated rings. The molecule has 1 N–H and O–H groups in total. The highest BCUT2D eigenvalue weighted by Gasteiger charge is 2.11. The Morgan fingerprint density at radius 1 is 1.47 bits per heavy atom. The van der Waals surface area contributed by atoms with Gasteiger partial charge in [-0.2, -0.15) is 8.78 Å². The Kier molecular flexibility index (Phi) is 4.14. The van der Waals surface area contributed by atoms with Gasteiger partial charge >= 0.3 is 12.6 Å². The molecule has 0 atom stereocenters. The number of carboxylic acids is 1. The van der Waals surface area contributed by atoms with Crippen molar-refractivity contribution >= 4 is 12.0 Å². The van der Waals surface area contributed by atoms with Crippen molar-refractivity contribution in [1.82, 2.24) is 0 Å². The first-order valence-corrected chi connectivity index (χ1v) is 4.56. The zero-order chi connectivity index (χ0) is 13.0. The summed E-state index contributed by atoms with van der Waals surface area (Å²) < 4.78 is 41.0. The molecule has 0 heterocycles. The summed E-state index contributed by atoms with van der Waals surface area (Å²) in [6.07, 6.45) is 2.00. The van der Waals surface area contributed by atoms with E-state index in [1.807, 2.05) is 0 Å². The fourth-order valence-electron chi connectivity index (χ4n) is 1.20. The predicted molar refractivity (Wildman–Crippen MR) is 54.4 cm³/mol. The second-order valence-electron chi connectivity index (χ2n) is 3.19. The van der Waals surface area contributed by atoms with Gasteiger partial charge in [0.05, 0.1) is 0 Å². The monoisotopic (exact) mass is 246 g/mol. The van der Waals surface area contributed by atoms with E-state index in [1.165, 1.54) is 13.0 Å². The van der Waals surface area contributed by atoms with Crippen LogP contribution in [0.25, 0.3) is 6.08 Å². The number of rotatable bonds is 4. The molecule has 1 aromatic carbocycles. The number of carboxylic acid groups (broad SMARTS) is 1. The molecule has 0 unspecified atom stereocenters. The molecule has 0 aromatic heterocycles. The average molecular weight is 246 g/mol. The summed E-state index contributed by atoms with van der Waals surface area (Å²) in [5.74, 6) is -2.73. The molecule has 0 aliphatic carbocycles. The Morgan fingerprint density at radius 2 is 2.12 bits per heavy atom. The molecule has 3 nitrogen and oxygen atoms in total. The van der Waals surface area contributed by atoms with Crippen molar-refractivity contribution < 1.29 is 27.8 Å². The summed E-state index contributed by atoms with van der Waals surface area (Å²) >= 11 is 0. The molecule has 92 valence electrons. The van der Waals surface area contributed by atoms with Crippen LogP contribution in [0.4, 0.5) is 13.2 Å². The zero-order valence-electron chi connectivity index (χ0n) is 8.78. The van der Waals surface area contributed by atoms with Gasteiger partial charge in [0.1, 0.15) is 0 Å². The van der Waals surface area contributed by atoms with E-state index < -0.39 is 24.1 Å². The molecule has 0 amide bonds. The fraction of sp³-hybridized carbons (Fsp3) is 0.182. The summed E-state index contributed by atoms with van der Waals surface area (Å²) in [6, 6.07) is 2.02. The third kappa shape index (κ3) is 3.82. The molecule has 0 saturated heterocycles. The molecule has 0 aliphatic rings. The van der Waals surface area contributed by atoms with Gasteiger partial charge in [0, 0.05) is 6.08 Å². The topological polar surface area (TPSA) is 46.5 Å². The van der Waals surface area contributed by atoms with Gasteiger partial charge in [-0.25, -0.2) is 9.18 Å². The molecule has 0 saturated carbocycles. The van der Waals surface area contributed by atoms with Gasteiger partial charge in [-0.3, -0.25) is 0 Å². The third-order valence-electron chi connectivity index (χ3n) is 1.94. The number of hydrogen-bond donors (Lipinski definition) is 1. The number of benzene rings is 1. The van der Waals surface area contributed by atoms with Crippen LogP contribution in [0.5, 0.6) is 5.75 Å². The number of aryl methyl sites for hydroxylation is 1. The molecule has 6 heteroatoms. The lowest BCUT2D eigenvalue weighted by molar-refractivity contribution is -0.131. The van der Waals surface area contributed by atoms with Crippen LogP contribution in [0, 0.1) is 12.7 Å². The van der Waals surface area contributed by atoms with Crippen molar-refractivity contribution in [3.8, 4) is 5.75 Å². The molecule has 0 bridgehead atoms. The van der Waals surface area contributed by atoms with E-state index >= 15 is 0 Å². The molecular weight excluding hydrogens is 237 g/mol. The van der Waals surface area contributed by atoms with Crippen LogP contribution in [0.15, 0.2) is 18.2 Å². The van der Waals surface area contributed by atoms with Crippen molar-refractivity contribution in [2.24, 2.45) is 0 Å². The van der Waals surface area contributed by atoms with Crippen LogP contribution >= 0.6 is 0 Å². The molecule has 0 aliphatic heterocycles. The standard InChI is InChI=1S/C11H9F3O3/c1-6-4-8(12)9(17-11(13)14)5-7(6)2-3-10(15)16/h2-5,11H,1H3,(H,15,16)/b3-2+.